The fraction of sp³-hybridized carbons (Fsp3) is 0.412. The van der Waals surface area contributed by atoms with Crippen LogP contribution in [-0.2, 0) is 16.0 Å². The molecule has 0 aliphatic rings. The summed E-state index contributed by atoms with van der Waals surface area (Å²) in [5, 5.41) is 0. The van der Waals surface area contributed by atoms with Gasteiger partial charge in [-0.15, -0.1) is 0 Å². The van der Waals surface area contributed by atoms with Crippen LogP contribution in [0.2, 0.25) is 0 Å². The van der Waals surface area contributed by atoms with E-state index >= 15 is 0 Å². The zero-order valence-corrected chi connectivity index (χ0v) is 13.3. The quantitative estimate of drug-likeness (QED) is 0.738. The number of aryl methyl sites for hydroxylation is 1. The zero-order valence-electron chi connectivity index (χ0n) is 13.3. The molecule has 0 aliphatic carbocycles. The summed E-state index contributed by atoms with van der Waals surface area (Å²) >= 11 is 0. The standard InChI is InChI=1S/C17H22N2O3/c1-13-15(12-16(20)19(2)10-7-11-21-3)18-17(22-13)14-8-5-4-6-9-14/h4-6,8-9H,7,10-12H2,1-3H3. The van der Waals surface area contributed by atoms with E-state index in [9.17, 15) is 4.79 Å². The molecule has 0 aliphatic heterocycles. The third-order valence-electron chi connectivity index (χ3n) is 3.50. The Hall–Kier alpha value is -2.14. The van der Waals surface area contributed by atoms with Crippen LogP contribution in [0.15, 0.2) is 34.7 Å². The highest BCUT2D eigenvalue weighted by Crippen LogP contribution is 2.21. The summed E-state index contributed by atoms with van der Waals surface area (Å²) in [5.41, 5.74) is 1.61. The maximum atomic E-state index is 12.2. The number of ether oxygens (including phenoxy) is 1. The number of amides is 1. The minimum atomic E-state index is 0.0344. The third-order valence-corrected chi connectivity index (χ3v) is 3.50. The van der Waals surface area contributed by atoms with E-state index in [1.807, 2.05) is 37.3 Å². The van der Waals surface area contributed by atoms with Gasteiger partial charge in [0.05, 0.1) is 12.1 Å². The lowest BCUT2D eigenvalue weighted by atomic mass is 10.2. The van der Waals surface area contributed by atoms with Crippen molar-refractivity contribution in [3.8, 4) is 11.5 Å². The predicted octanol–water partition coefficient (Wildman–Crippen LogP) is 2.69. The van der Waals surface area contributed by atoms with Crippen LogP contribution in [-0.4, -0.2) is 43.1 Å². The number of oxazole rings is 1. The summed E-state index contributed by atoms with van der Waals surface area (Å²) in [6.45, 7) is 3.17. The molecule has 0 saturated carbocycles. The van der Waals surface area contributed by atoms with Gasteiger partial charge in [0, 0.05) is 32.9 Å². The van der Waals surface area contributed by atoms with Crippen LogP contribution >= 0.6 is 0 Å². The Bertz CT molecular complexity index is 608. The highest BCUT2D eigenvalue weighted by atomic mass is 16.5. The summed E-state index contributed by atoms with van der Waals surface area (Å²) < 4.78 is 10.7. The van der Waals surface area contributed by atoms with E-state index in [2.05, 4.69) is 4.98 Å². The van der Waals surface area contributed by atoms with Crippen molar-refractivity contribution in [1.82, 2.24) is 9.88 Å². The SMILES string of the molecule is COCCCN(C)C(=O)Cc1nc(-c2ccccc2)oc1C. The third kappa shape index (κ3) is 4.18. The summed E-state index contributed by atoms with van der Waals surface area (Å²) in [4.78, 5) is 18.4. The second-order valence-electron chi connectivity index (χ2n) is 5.23. The first kappa shape index (κ1) is 16.2. The number of rotatable bonds is 7. The van der Waals surface area contributed by atoms with Crippen molar-refractivity contribution >= 4 is 5.91 Å². The first-order valence-corrected chi connectivity index (χ1v) is 7.36. The van der Waals surface area contributed by atoms with E-state index in [0.29, 0.717) is 30.5 Å². The molecule has 1 amide bonds. The van der Waals surface area contributed by atoms with Gasteiger partial charge in [-0.05, 0) is 25.5 Å². The minimum Gasteiger partial charge on any atom is -0.441 e. The van der Waals surface area contributed by atoms with Crippen molar-refractivity contribution in [2.24, 2.45) is 0 Å². The summed E-state index contributed by atoms with van der Waals surface area (Å²) in [5.74, 6) is 1.28. The highest BCUT2D eigenvalue weighted by Gasteiger charge is 2.16. The van der Waals surface area contributed by atoms with E-state index in [1.54, 1.807) is 19.1 Å². The van der Waals surface area contributed by atoms with Crippen molar-refractivity contribution in [2.45, 2.75) is 19.8 Å². The molecule has 0 bridgehead atoms. The van der Waals surface area contributed by atoms with E-state index in [0.717, 1.165) is 12.0 Å². The van der Waals surface area contributed by atoms with Gasteiger partial charge in [0.15, 0.2) is 0 Å². The van der Waals surface area contributed by atoms with Crippen molar-refractivity contribution < 1.29 is 13.9 Å². The van der Waals surface area contributed by atoms with Gasteiger partial charge in [0.1, 0.15) is 5.76 Å². The van der Waals surface area contributed by atoms with Crippen LogP contribution in [0, 0.1) is 6.92 Å². The lowest BCUT2D eigenvalue weighted by molar-refractivity contribution is -0.129. The monoisotopic (exact) mass is 302 g/mol. The second kappa shape index (κ2) is 7.75. The molecule has 0 saturated heterocycles. The Labute approximate surface area is 130 Å². The molecule has 1 aromatic heterocycles. The Balaban J connectivity index is 2.01. The Morgan fingerprint density at radius 1 is 1.32 bits per heavy atom. The fourth-order valence-corrected chi connectivity index (χ4v) is 2.15. The summed E-state index contributed by atoms with van der Waals surface area (Å²) in [6, 6.07) is 9.69. The first-order valence-electron chi connectivity index (χ1n) is 7.36. The van der Waals surface area contributed by atoms with Crippen LogP contribution in [0.3, 0.4) is 0 Å². The van der Waals surface area contributed by atoms with Gasteiger partial charge < -0.3 is 14.1 Å². The Kier molecular flexibility index (Phi) is 5.72. The molecule has 5 nitrogen and oxygen atoms in total. The van der Waals surface area contributed by atoms with Gasteiger partial charge in [-0.25, -0.2) is 4.98 Å². The lowest BCUT2D eigenvalue weighted by Crippen LogP contribution is -2.30. The molecule has 0 fully saturated rings. The van der Waals surface area contributed by atoms with Gasteiger partial charge in [-0.1, -0.05) is 18.2 Å². The van der Waals surface area contributed by atoms with Crippen LogP contribution in [0.4, 0.5) is 0 Å². The lowest BCUT2D eigenvalue weighted by Gasteiger charge is -2.16. The fourth-order valence-electron chi connectivity index (χ4n) is 2.15. The molecular formula is C17H22N2O3. The van der Waals surface area contributed by atoms with Crippen molar-refractivity contribution in [2.75, 3.05) is 27.3 Å². The van der Waals surface area contributed by atoms with E-state index in [1.165, 1.54) is 0 Å². The van der Waals surface area contributed by atoms with Gasteiger partial charge in [0.2, 0.25) is 11.8 Å². The van der Waals surface area contributed by atoms with Gasteiger partial charge in [-0.3, -0.25) is 4.79 Å². The van der Waals surface area contributed by atoms with Gasteiger partial charge in [-0.2, -0.15) is 0 Å². The first-order chi connectivity index (χ1) is 10.6. The molecule has 22 heavy (non-hydrogen) atoms. The maximum absolute atomic E-state index is 12.2. The molecule has 1 aromatic carbocycles. The topological polar surface area (TPSA) is 55.6 Å². The number of carbonyl (C=O) groups is 1. The van der Waals surface area contributed by atoms with Crippen molar-refractivity contribution in [1.29, 1.82) is 0 Å². The minimum absolute atomic E-state index is 0.0344. The average molecular weight is 302 g/mol. The Morgan fingerprint density at radius 2 is 2.05 bits per heavy atom. The van der Waals surface area contributed by atoms with Crippen molar-refractivity contribution in [3.05, 3.63) is 41.8 Å². The Morgan fingerprint density at radius 3 is 2.73 bits per heavy atom. The average Bonchev–Trinajstić information content (AvgIpc) is 2.89. The van der Waals surface area contributed by atoms with E-state index < -0.39 is 0 Å². The number of likely N-dealkylation sites (N-methyl/N-ethyl adjacent to an activating group) is 1. The summed E-state index contributed by atoms with van der Waals surface area (Å²) in [6.07, 6.45) is 1.08. The molecule has 0 atom stereocenters. The molecule has 5 heteroatoms. The highest BCUT2D eigenvalue weighted by molar-refractivity contribution is 5.78. The molecule has 2 aromatic rings. The van der Waals surface area contributed by atoms with Gasteiger partial charge in [0.25, 0.3) is 0 Å². The number of nitrogens with zero attached hydrogens (tertiary/aromatic N) is 2. The van der Waals surface area contributed by atoms with Crippen LogP contribution in [0.5, 0.6) is 0 Å². The number of carbonyl (C=O) groups excluding carboxylic acids is 1. The number of hydrogen-bond donors (Lipinski definition) is 0. The normalized spacial score (nSPS) is 10.7. The number of hydrogen-bond acceptors (Lipinski definition) is 4. The second-order valence-corrected chi connectivity index (χ2v) is 5.23. The molecule has 2 rings (SSSR count). The smallest absolute Gasteiger partial charge is 0.228 e. The molecule has 0 unspecified atom stereocenters. The molecule has 0 radical (unpaired) electrons. The predicted molar refractivity (Wildman–Crippen MR) is 84.5 cm³/mol. The molecule has 0 N–H and O–H groups in total. The van der Waals surface area contributed by atoms with E-state index in [4.69, 9.17) is 9.15 Å². The van der Waals surface area contributed by atoms with Gasteiger partial charge >= 0.3 is 0 Å². The largest absolute Gasteiger partial charge is 0.441 e. The number of methoxy groups -OCH3 is 1. The van der Waals surface area contributed by atoms with Crippen LogP contribution in [0.1, 0.15) is 17.9 Å². The maximum Gasteiger partial charge on any atom is 0.228 e. The van der Waals surface area contributed by atoms with Crippen LogP contribution < -0.4 is 0 Å². The molecule has 1 heterocycles. The van der Waals surface area contributed by atoms with Crippen LogP contribution in [0.25, 0.3) is 11.5 Å². The summed E-state index contributed by atoms with van der Waals surface area (Å²) in [7, 11) is 3.46. The molecular weight excluding hydrogens is 280 g/mol. The zero-order chi connectivity index (χ0) is 15.9. The molecule has 0 spiro atoms. The van der Waals surface area contributed by atoms with E-state index in [-0.39, 0.29) is 12.3 Å². The van der Waals surface area contributed by atoms with Crippen molar-refractivity contribution in [3.63, 3.8) is 0 Å². The number of benzene rings is 1. The molecule has 118 valence electrons. The number of aromatic nitrogens is 1.